The molecule has 2 rings (SSSR count). The highest BCUT2D eigenvalue weighted by atomic mass is 32.2. The molecule has 0 aliphatic rings. The van der Waals surface area contributed by atoms with Crippen LogP contribution in [0.25, 0.3) is 0 Å². The van der Waals surface area contributed by atoms with Crippen LogP contribution in [0.15, 0.2) is 47.5 Å². The van der Waals surface area contributed by atoms with Gasteiger partial charge in [0, 0.05) is 24.6 Å². The lowest BCUT2D eigenvalue weighted by Gasteiger charge is -2.12. The van der Waals surface area contributed by atoms with Crippen molar-refractivity contribution in [2.75, 3.05) is 12.8 Å². The Kier molecular flexibility index (Phi) is 5.74. The van der Waals surface area contributed by atoms with E-state index in [1.54, 1.807) is 24.4 Å². The van der Waals surface area contributed by atoms with Crippen LogP contribution in [-0.2, 0) is 16.4 Å². The van der Waals surface area contributed by atoms with Gasteiger partial charge in [-0.3, -0.25) is 0 Å². The Morgan fingerprint density at radius 1 is 1.22 bits per heavy atom. The van der Waals surface area contributed by atoms with Gasteiger partial charge in [0.25, 0.3) is 0 Å². The molecule has 0 bridgehead atoms. The summed E-state index contributed by atoms with van der Waals surface area (Å²) in [5.74, 6) is 1.49. The first-order chi connectivity index (χ1) is 10.9. The van der Waals surface area contributed by atoms with E-state index in [1.807, 2.05) is 12.1 Å². The normalized spacial score (nSPS) is 11.7. The quantitative estimate of drug-likeness (QED) is 0.843. The smallest absolute Gasteiger partial charge is 0.223 e. The number of rotatable bonds is 7. The van der Waals surface area contributed by atoms with E-state index in [1.165, 1.54) is 12.3 Å². The molecule has 124 valence electrons. The lowest BCUT2D eigenvalue weighted by Crippen LogP contribution is -2.19. The number of sulfone groups is 1. The lowest BCUT2D eigenvalue weighted by molar-refractivity contribution is 0.448. The minimum Gasteiger partial charge on any atom is -0.439 e. The van der Waals surface area contributed by atoms with Gasteiger partial charge in [-0.25, -0.2) is 13.4 Å². The average Bonchev–Trinajstić information content (AvgIpc) is 2.48. The molecule has 2 aromatic rings. The van der Waals surface area contributed by atoms with Crippen LogP contribution in [0.2, 0.25) is 0 Å². The summed E-state index contributed by atoms with van der Waals surface area (Å²) in [4.78, 5) is 4.48. The summed E-state index contributed by atoms with van der Waals surface area (Å²) >= 11 is 0. The Morgan fingerprint density at radius 3 is 2.70 bits per heavy atom. The third kappa shape index (κ3) is 5.33. The van der Waals surface area contributed by atoms with Crippen molar-refractivity contribution in [3.8, 4) is 11.6 Å². The van der Waals surface area contributed by atoms with E-state index in [0.29, 0.717) is 24.1 Å². The number of nitrogens with zero attached hydrogens (tertiary/aromatic N) is 1. The molecular formula is C17H22N2O3S. The van der Waals surface area contributed by atoms with Gasteiger partial charge < -0.3 is 10.1 Å². The molecule has 0 saturated heterocycles. The standard InChI is InChI=1S/C17H22N2O3S/c1-13(2)11-18-12-14-6-5-9-19-17(14)22-15-7-4-8-16(10-15)23(3,20)21/h4-10,13,18H,11-12H2,1-3H3. The third-order valence-electron chi connectivity index (χ3n) is 3.17. The van der Waals surface area contributed by atoms with E-state index in [9.17, 15) is 8.42 Å². The maximum atomic E-state index is 11.6. The lowest BCUT2D eigenvalue weighted by atomic mass is 10.2. The predicted octanol–water partition coefficient (Wildman–Crippen LogP) is 3.02. The Balaban J connectivity index is 2.17. The van der Waals surface area contributed by atoms with Gasteiger partial charge in [0.15, 0.2) is 9.84 Å². The number of pyridine rings is 1. The van der Waals surface area contributed by atoms with Crippen LogP contribution in [0.1, 0.15) is 19.4 Å². The molecule has 0 aliphatic heterocycles. The summed E-state index contributed by atoms with van der Waals surface area (Å²) < 4.78 is 29.0. The van der Waals surface area contributed by atoms with Gasteiger partial charge in [-0.1, -0.05) is 26.0 Å². The van der Waals surface area contributed by atoms with Crippen LogP contribution in [-0.4, -0.2) is 26.2 Å². The number of ether oxygens (including phenoxy) is 1. The monoisotopic (exact) mass is 334 g/mol. The van der Waals surface area contributed by atoms with Crippen LogP contribution < -0.4 is 10.1 Å². The van der Waals surface area contributed by atoms with E-state index >= 15 is 0 Å². The zero-order valence-electron chi connectivity index (χ0n) is 13.6. The summed E-state index contributed by atoms with van der Waals surface area (Å²) in [6, 6.07) is 10.2. The topological polar surface area (TPSA) is 68.3 Å². The van der Waals surface area contributed by atoms with E-state index in [-0.39, 0.29) is 4.90 Å². The van der Waals surface area contributed by atoms with E-state index in [4.69, 9.17) is 4.74 Å². The van der Waals surface area contributed by atoms with Crippen molar-refractivity contribution in [3.63, 3.8) is 0 Å². The van der Waals surface area contributed by atoms with Crippen LogP contribution in [0.3, 0.4) is 0 Å². The molecule has 0 radical (unpaired) electrons. The second-order valence-electron chi connectivity index (χ2n) is 5.84. The van der Waals surface area contributed by atoms with E-state index in [2.05, 4.69) is 24.1 Å². The van der Waals surface area contributed by atoms with Gasteiger partial charge in [0.05, 0.1) is 4.90 Å². The first-order valence-corrected chi connectivity index (χ1v) is 9.38. The van der Waals surface area contributed by atoms with Gasteiger partial charge in [-0.05, 0) is 36.7 Å². The predicted molar refractivity (Wildman–Crippen MR) is 90.4 cm³/mol. The summed E-state index contributed by atoms with van der Waals surface area (Å²) in [6.07, 6.45) is 2.83. The van der Waals surface area contributed by atoms with Crippen molar-refractivity contribution in [3.05, 3.63) is 48.2 Å². The molecule has 0 saturated carbocycles. The van der Waals surface area contributed by atoms with Gasteiger partial charge in [-0.2, -0.15) is 0 Å². The molecule has 6 heteroatoms. The Hall–Kier alpha value is -1.92. The molecule has 1 heterocycles. The molecule has 0 amide bonds. The van der Waals surface area contributed by atoms with Gasteiger partial charge in [0.1, 0.15) is 5.75 Å². The molecule has 1 aromatic heterocycles. The zero-order valence-corrected chi connectivity index (χ0v) is 14.4. The van der Waals surface area contributed by atoms with Crippen LogP contribution >= 0.6 is 0 Å². The highest BCUT2D eigenvalue weighted by Crippen LogP contribution is 2.25. The second-order valence-corrected chi connectivity index (χ2v) is 7.86. The first-order valence-electron chi connectivity index (χ1n) is 7.49. The molecule has 1 aromatic carbocycles. The minimum absolute atomic E-state index is 0.227. The Morgan fingerprint density at radius 2 is 2.00 bits per heavy atom. The first kappa shape index (κ1) is 17.4. The molecule has 0 atom stereocenters. The fourth-order valence-corrected chi connectivity index (χ4v) is 2.68. The SMILES string of the molecule is CC(C)CNCc1cccnc1Oc1cccc(S(C)(=O)=O)c1. The number of hydrogen-bond donors (Lipinski definition) is 1. The highest BCUT2D eigenvalue weighted by Gasteiger charge is 2.10. The van der Waals surface area contributed by atoms with Crippen LogP contribution in [0, 0.1) is 5.92 Å². The number of benzene rings is 1. The van der Waals surface area contributed by atoms with Crippen molar-refractivity contribution in [1.82, 2.24) is 10.3 Å². The molecule has 23 heavy (non-hydrogen) atoms. The van der Waals surface area contributed by atoms with Crippen molar-refractivity contribution in [2.24, 2.45) is 5.92 Å². The molecule has 0 spiro atoms. The maximum Gasteiger partial charge on any atom is 0.223 e. The summed E-state index contributed by atoms with van der Waals surface area (Å²) in [5.41, 5.74) is 0.929. The molecule has 0 aliphatic carbocycles. The van der Waals surface area contributed by atoms with Gasteiger partial charge in [-0.15, -0.1) is 0 Å². The zero-order chi connectivity index (χ0) is 16.9. The van der Waals surface area contributed by atoms with Crippen molar-refractivity contribution in [2.45, 2.75) is 25.3 Å². The van der Waals surface area contributed by atoms with Gasteiger partial charge in [0.2, 0.25) is 5.88 Å². The fraction of sp³-hybridized carbons (Fsp3) is 0.353. The minimum atomic E-state index is -3.26. The molecule has 5 nitrogen and oxygen atoms in total. The summed E-state index contributed by atoms with van der Waals surface area (Å²) in [6.45, 7) is 5.83. The Bertz CT molecular complexity index is 758. The number of nitrogens with one attached hydrogen (secondary N) is 1. The summed E-state index contributed by atoms with van der Waals surface area (Å²) in [7, 11) is -3.26. The Labute approximate surface area is 137 Å². The maximum absolute atomic E-state index is 11.6. The second kappa shape index (κ2) is 7.57. The largest absolute Gasteiger partial charge is 0.439 e. The van der Waals surface area contributed by atoms with Crippen LogP contribution in [0.4, 0.5) is 0 Å². The highest BCUT2D eigenvalue weighted by molar-refractivity contribution is 7.90. The average molecular weight is 334 g/mol. The number of hydrogen-bond acceptors (Lipinski definition) is 5. The van der Waals surface area contributed by atoms with Crippen LogP contribution in [0.5, 0.6) is 11.6 Å². The van der Waals surface area contributed by atoms with Crippen molar-refractivity contribution < 1.29 is 13.2 Å². The summed E-state index contributed by atoms with van der Waals surface area (Å²) in [5, 5.41) is 3.35. The molecule has 0 fully saturated rings. The molecular weight excluding hydrogens is 312 g/mol. The fourth-order valence-electron chi connectivity index (χ4n) is 2.03. The van der Waals surface area contributed by atoms with Crippen molar-refractivity contribution >= 4 is 9.84 Å². The van der Waals surface area contributed by atoms with E-state index in [0.717, 1.165) is 12.1 Å². The molecule has 0 unspecified atom stereocenters. The number of aromatic nitrogens is 1. The van der Waals surface area contributed by atoms with Gasteiger partial charge >= 0.3 is 0 Å². The third-order valence-corrected chi connectivity index (χ3v) is 4.28. The van der Waals surface area contributed by atoms with E-state index < -0.39 is 9.84 Å². The van der Waals surface area contributed by atoms with Crippen molar-refractivity contribution in [1.29, 1.82) is 0 Å². The molecule has 1 N–H and O–H groups in total.